The minimum Gasteiger partial charge on any atom is -0.436 e. The van der Waals surface area contributed by atoms with E-state index in [9.17, 15) is 32.3 Å². The van der Waals surface area contributed by atoms with Crippen molar-refractivity contribution >= 4 is 53.2 Å². The van der Waals surface area contributed by atoms with Crippen molar-refractivity contribution in [2.75, 3.05) is 68.8 Å². The molecule has 0 spiro atoms. The molecule has 3 aliphatic rings. The smallest absolute Gasteiger partial charge is 0.418 e. The normalized spacial score (nSPS) is 16.0. The van der Waals surface area contributed by atoms with Gasteiger partial charge in [-0.15, -0.1) is 0 Å². The van der Waals surface area contributed by atoms with Crippen molar-refractivity contribution in [3.8, 4) is 5.75 Å². The summed E-state index contributed by atoms with van der Waals surface area (Å²) in [6, 6.07) is 18.8. The second-order valence-electron chi connectivity index (χ2n) is 15.7. The monoisotopic (exact) mass is 875 g/mol. The fourth-order valence-corrected chi connectivity index (χ4v) is 8.62. The second kappa shape index (κ2) is 19.3. The van der Waals surface area contributed by atoms with Gasteiger partial charge in [0.15, 0.2) is 6.10 Å². The lowest BCUT2D eigenvalue weighted by molar-refractivity contribution is -0.141. The highest BCUT2D eigenvalue weighted by atomic mass is 35.5. The molecule has 2 aliphatic heterocycles. The number of hydrogen-bond donors (Lipinski definition) is 2. The van der Waals surface area contributed by atoms with Gasteiger partial charge in [0.1, 0.15) is 11.6 Å². The number of fused-ring (bicyclic) bond motifs is 1. The number of amides is 3. The van der Waals surface area contributed by atoms with E-state index in [1.54, 1.807) is 23.1 Å². The molecule has 13 nitrogen and oxygen atoms in total. The van der Waals surface area contributed by atoms with Gasteiger partial charge < -0.3 is 40.1 Å². The first-order chi connectivity index (χ1) is 29.8. The molecule has 0 saturated carbocycles. The van der Waals surface area contributed by atoms with Gasteiger partial charge in [-0.25, -0.2) is 14.6 Å². The van der Waals surface area contributed by atoms with E-state index in [0.717, 1.165) is 43.0 Å². The number of carbonyl (C=O) groups is 4. The number of likely N-dealkylation sites (tertiary alicyclic amines) is 1. The lowest BCUT2D eigenvalue weighted by Crippen LogP contribution is -2.53. The number of piperidine rings is 1. The van der Waals surface area contributed by atoms with Crippen molar-refractivity contribution in [3.63, 3.8) is 0 Å². The van der Waals surface area contributed by atoms with Crippen molar-refractivity contribution in [2.24, 2.45) is 0 Å². The molecule has 2 saturated heterocycles. The van der Waals surface area contributed by atoms with Crippen LogP contribution in [0.15, 0.2) is 72.9 Å². The molecule has 2 fully saturated rings. The topological polar surface area (TPSA) is 151 Å². The number of ether oxygens (including phenoxy) is 2. The Balaban J connectivity index is 0.982. The molecule has 4 aromatic rings. The number of hydrogen-bond acceptors (Lipinski definition) is 10. The Hall–Kier alpha value is -6.03. The van der Waals surface area contributed by atoms with Gasteiger partial charge in [-0.05, 0) is 103 Å². The number of aryl methyl sites for hydroxylation is 2. The van der Waals surface area contributed by atoms with Crippen LogP contribution in [0.3, 0.4) is 0 Å². The molecule has 17 heteroatoms. The third kappa shape index (κ3) is 10.3. The molecule has 1 atom stereocenters. The summed E-state index contributed by atoms with van der Waals surface area (Å²) in [6.45, 7) is 2.03. The van der Waals surface area contributed by atoms with Crippen LogP contribution >= 0.6 is 11.6 Å². The van der Waals surface area contributed by atoms with E-state index in [0.29, 0.717) is 50.5 Å². The third-order valence-electron chi connectivity index (χ3n) is 11.9. The third-order valence-corrected chi connectivity index (χ3v) is 12.2. The minimum absolute atomic E-state index is 0.0143. The summed E-state index contributed by atoms with van der Waals surface area (Å²) in [7, 11) is 1.84. The number of nitrogen functional groups attached to an aromatic ring is 1. The summed E-state index contributed by atoms with van der Waals surface area (Å²) in [4.78, 5) is 64.0. The van der Waals surface area contributed by atoms with E-state index in [1.807, 2.05) is 48.3 Å². The molecular weight excluding hydrogens is 827 g/mol. The van der Waals surface area contributed by atoms with Crippen LogP contribution in [0.2, 0.25) is 5.02 Å². The van der Waals surface area contributed by atoms with Crippen LogP contribution in [0.1, 0.15) is 57.4 Å². The van der Waals surface area contributed by atoms with Gasteiger partial charge in [0, 0.05) is 77.2 Å². The maximum absolute atomic E-state index is 14.2. The van der Waals surface area contributed by atoms with Crippen molar-refractivity contribution in [3.05, 3.63) is 111 Å². The predicted octanol–water partition coefficient (Wildman–Crippen LogP) is 6.65. The number of alkyl halides is 3. The maximum Gasteiger partial charge on any atom is 0.418 e. The van der Waals surface area contributed by atoms with Crippen molar-refractivity contribution < 1.29 is 41.8 Å². The highest BCUT2D eigenvalue weighted by Gasteiger charge is 2.37. The first kappa shape index (κ1) is 44.0. The Morgan fingerprint density at radius 2 is 1.71 bits per heavy atom. The number of nitrogens with zero attached hydrogens (tertiary/aromatic N) is 5. The summed E-state index contributed by atoms with van der Waals surface area (Å²) in [5, 5.41) is 2.82. The second-order valence-corrected chi connectivity index (χ2v) is 16.1. The number of aromatic nitrogens is 1. The maximum atomic E-state index is 14.2. The highest BCUT2D eigenvalue weighted by molar-refractivity contribution is 6.33. The van der Waals surface area contributed by atoms with E-state index in [1.165, 1.54) is 33.2 Å². The van der Waals surface area contributed by atoms with E-state index >= 15 is 0 Å². The number of halogens is 4. The minimum atomic E-state index is -4.82. The van der Waals surface area contributed by atoms with Crippen molar-refractivity contribution in [1.29, 1.82) is 0 Å². The van der Waals surface area contributed by atoms with Gasteiger partial charge in [-0.3, -0.25) is 9.59 Å². The zero-order chi connectivity index (χ0) is 44.0. The molecule has 7 rings (SSSR count). The standard InChI is InChI=1S/C45H49ClF3N7O6/c1-51-38-8-3-2-5-31(38)13-16-56(28-57)34-14-17-55(18-15-34)44(60)62-39(25-29-23-36(45(47,48)49)41(50)37(46)24-29)42(58)54-21-19-53(20-22-54)40-12-10-33(27-52-40)43(59)61-35-11-9-30-6-4-7-32(30)26-35/h2-3,5,8-12,23-24,26-28,34,39,51H,4,6-7,13-22,25,50H2,1H3/t39-/m1/s1. The van der Waals surface area contributed by atoms with Crippen LogP contribution in [-0.2, 0) is 46.2 Å². The molecule has 0 radical (unpaired) electrons. The average Bonchev–Trinajstić information content (AvgIpc) is 3.75. The summed E-state index contributed by atoms with van der Waals surface area (Å²) in [6.07, 6.45) is -0.594. The summed E-state index contributed by atoms with van der Waals surface area (Å²) in [5.74, 6) is -0.0583. The van der Waals surface area contributed by atoms with Crippen molar-refractivity contribution in [1.82, 2.24) is 19.7 Å². The number of nitrogens with one attached hydrogen (secondary N) is 1. The molecule has 1 aromatic heterocycles. The Morgan fingerprint density at radius 1 is 0.968 bits per heavy atom. The number of rotatable bonds is 13. The molecule has 3 amide bonds. The quantitative estimate of drug-likeness (QED) is 0.0648. The van der Waals surface area contributed by atoms with Gasteiger partial charge >= 0.3 is 18.2 Å². The van der Waals surface area contributed by atoms with Gasteiger partial charge in [-0.2, -0.15) is 13.2 Å². The summed E-state index contributed by atoms with van der Waals surface area (Å²) >= 11 is 6.14. The van der Waals surface area contributed by atoms with Crippen LogP contribution < -0.4 is 20.7 Å². The molecule has 0 unspecified atom stereocenters. The molecular formula is C45H49ClF3N7O6. The van der Waals surface area contributed by atoms with E-state index < -0.39 is 41.5 Å². The average molecular weight is 876 g/mol. The van der Waals surface area contributed by atoms with Gasteiger partial charge in [-0.1, -0.05) is 35.9 Å². The Kier molecular flexibility index (Phi) is 13.7. The molecule has 1 aliphatic carbocycles. The van der Waals surface area contributed by atoms with Crippen LogP contribution in [0.5, 0.6) is 5.75 Å². The zero-order valence-electron chi connectivity index (χ0n) is 34.3. The number of benzene rings is 3. The van der Waals surface area contributed by atoms with Crippen molar-refractivity contribution in [2.45, 2.75) is 63.3 Å². The van der Waals surface area contributed by atoms with Gasteiger partial charge in [0.05, 0.1) is 21.8 Å². The first-order valence-electron chi connectivity index (χ1n) is 20.7. The molecule has 0 bridgehead atoms. The molecule has 328 valence electrons. The van der Waals surface area contributed by atoms with Crippen LogP contribution in [0.4, 0.5) is 35.2 Å². The molecule has 3 aromatic carbocycles. The fraction of sp³-hybridized carbons (Fsp3) is 0.400. The number of nitrogens with two attached hydrogens (primary N) is 1. The lowest BCUT2D eigenvalue weighted by Gasteiger charge is -2.38. The number of carbonyl (C=O) groups excluding carboxylic acids is 4. The van der Waals surface area contributed by atoms with E-state index in [-0.39, 0.29) is 54.8 Å². The Labute approximate surface area is 362 Å². The highest BCUT2D eigenvalue weighted by Crippen LogP contribution is 2.38. The lowest BCUT2D eigenvalue weighted by atomic mass is 10.0. The Morgan fingerprint density at radius 3 is 2.40 bits per heavy atom. The zero-order valence-corrected chi connectivity index (χ0v) is 35.1. The summed E-state index contributed by atoms with van der Waals surface area (Å²) in [5.41, 5.74) is 8.68. The first-order valence-corrected chi connectivity index (χ1v) is 21.1. The van der Waals surface area contributed by atoms with E-state index in [2.05, 4.69) is 10.3 Å². The number of piperazine rings is 1. The molecule has 3 heterocycles. The van der Waals surface area contributed by atoms with Crippen LogP contribution in [0.25, 0.3) is 0 Å². The van der Waals surface area contributed by atoms with Gasteiger partial charge in [0.25, 0.3) is 5.91 Å². The SMILES string of the molecule is CNc1ccccc1CCN(C=O)C1CCN(C(=O)O[C@H](Cc2cc(Cl)c(N)c(C(F)(F)F)c2)C(=O)N2CCN(c3ccc(C(=O)Oc4ccc5c(c4)CCC5)cn3)CC2)CC1. The number of pyridine rings is 1. The number of esters is 1. The molecule has 3 N–H and O–H groups in total. The van der Waals surface area contributed by atoms with E-state index in [4.69, 9.17) is 26.8 Å². The summed E-state index contributed by atoms with van der Waals surface area (Å²) < 4.78 is 53.2. The number of para-hydroxylation sites is 1. The Bertz CT molecular complexity index is 2260. The van der Waals surface area contributed by atoms with Crippen LogP contribution in [-0.4, -0.2) is 109 Å². The van der Waals surface area contributed by atoms with Crippen LogP contribution in [0, 0.1) is 0 Å². The predicted molar refractivity (Wildman–Crippen MR) is 228 cm³/mol. The molecule has 62 heavy (non-hydrogen) atoms. The van der Waals surface area contributed by atoms with Gasteiger partial charge in [0.2, 0.25) is 6.41 Å². The fourth-order valence-electron chi connectivity index (χ4n) is 8.38. The largest absolute Gasteiger partial charge is 0.436 e. The number of anilines is 3.